The fraction of sp³-hybridized carbons (Fsp3) is 0.750. The summed E-state index contributed by atoms with van der Waals surface area (Å²) < 4.78 is 20.9. The molecule has 1 fully saturated rings. The van der Waals surface area contributed by atoms with Crippen LogP contribution < -0.4 is 5.32 Å². The number of hydrogen-bond donors (Lipinski definition) is 1. The third kappa shape index (κ3) is 6.33. The van der Waals surface area contributed by atoms with Crippen LogP contribution in [-0.4, -0.2) is 60.9 Å². The van der Waals surface area contributed by atoms with E-state index < -0.39 is 48.2 Å². The number of nitrogens with one attached hydrogen (secondary N) is 1. The maximum Gasteiger partial charge on any atom is 0.303 e. The van der Waals surface area contributed by atoms with E-state index in [0.29, 0.717) is 6.42 Å². The average molecular weight is 359 g/mol. The fourth-order valence-electron chi connectivity index (χ4n) is 2.82. The fourth-order valence-corrected chi connectivity index (χ4v) is 2.82. The first-order valence-corrected chi connectivity index (χ1v) is 8.06. The third-order valence-corrected chi connectivity index (χ3v) is 3.68. The van der Waals surface area contributed by atoms with Crippen molar-refractivity contribution in [3.05, 3.63) is 0 Å². The molecule has 1 N–H and O–H groups in total. The van der Waals surface area contributed by atoms with Gasteiger partial charge in [-0.15, -0.1) is 0 Å². The number of carbonyl (C=O) groups is 4. The number of piperidine rings is 1. The first-order valence-electron chi connectivity index (χ1n) is 8.06. The van der Waals surface area contributed by atoms with Gasteiger partial charge >= 0.3 is 23.9 Å². The Morgan fingerprint density at radius 3 is 1.56 bits per heavy atom. The molecule has 1 aliphatic rings. The van der Waals surface area contributed by atoms with Crippen LogP contribution in [0.3, 0.4) is 0 Å². The maximum atomic E-state index is 11.5. The lowest BCUT2D eigenvalue weighted by atomic mass is 9.88. The van der Waals surface area contributed by atoms with Gasteiger partial charge < -0.3 is 24.3 Å². The van der Waals surface area contributed by atoms with Crippen LogP contribution in [0, 0.1) is 0 Å². The highest BCUT2D eigenvalue weighted by atomic mass is 16.6. The van der Waals surface area contributed by atoms with Crippen LogP contribution in [0.4, 0.5) is 0 Å². The molecule has 0 radical (unpaired) electrons. The second-order valence-electron chi connectivity index (χ2n) is 5.81. The van der Waals surface area contributed by atoms with Crippen molar-refractivity contribution in [2.75, 3.05) is 6.61 Å². The third-order valence-electron chi connectivity index (χ3n) is 3.68. The lowest BCUT2D eigenvalue weighted by Gasteiger charge is -2.45. The van der Waals surface area contributed by atoms with Gasteiger partial charge in [0.2, 0.25) is 0 Å². The van der Waals surface area contributed by atoms with Crippen molar-refractivity contribution in [2.45, 2.75) is 71.4 Å². The topological polar surface area (TPSA) is 117 Å². The number of hydrogen-bond acceptors (Lipinski definition) is 9. The van der Waals surface area contributed by atoms with Crippen LogP contribution in [0.15, 0.2) is 0 Å². The van der Waals surface area contributed by atoms with Crippen molar-refractivity contribution >= 4 is 23.9 Å². The molecule has 0 amide bonds. The van der Waals surface area contributed by atoms with E-state index in [0.717, 1.165) is 0 Å². The number of rotatable bonds is 6. The van der Waals surface area contributed by atoms with E-state index in [4.69, 9.17) is 18.9 Å². The second-order valence-corrected chi connectivity index (χ2v) is 5.81. The first kappa shape index (κ1) is 20.9. The molecule has 9 nitrogen and oxygen atoms in total. The van der Waals surface area contributed by atoms with Gasteiger partial charge in [0.1, 0.15) is 6.61 Å². The van der Waals surface area contributed by atoms with Gasteiger partial charge in [-0.1, -0.05) is 6.92 Å². The van der Waals surface area contributed by atoms with E-state index in [-0.39, 0.29) is 12.6 Å². The Morgan fingerprint density at radius 2 is 1.16 bits per heavy atom. The van der Waals surface area contributed by atoms with Gasteiger partial charge in [-0.25, -0.2) is 0 Å². The van der Waals surface area contributed by atoms with Gasteiger partial charge in [0, 0.05) is 33.7 Å². The standard InChI is InChI=1S/C16H25NO8/c1-6-12-14(23-9(3)19)16(25-11(5)21)15(24-10(4)20)13(17-12)7-22-8(2)18/h12-17H,6-7H2,1-5H3/t12-,13-,14-,15-,16-/m1/s1. The molecule has 0 bridgehead atoms. The molecule has 25 heavy (non-hydrogen) atoms. The zero-order valence-corrected chi connectivity index (χ0v) is 15.1. The van der Waals surface area contributed by atoms with E-state index in [1.807, 2.05) is 6.92 Å². The molecule has 9 heteroatoms. The van der Waals surface area contributed by atoms with Gasteiger partial charge in [0.05, 0.1) is 6.04 Å². The largest absolute Gasteiger partial charge is 0.464 e. The van der Waals surface area contributed by atoms with Crippen molar-refractivity contribution in [1.29, 1.82) is 0 Å². The van der Waals surface area contributed by atoms with E-state index in [1.54, 1.807) is 0 Å². The van der Waals surface area contributed by atoms with Crippen molar-refractivity contribution < 1.29 is 38.1 Å². The molecule has 142 valence electrons. The van der Waals surface area contributed by atoms with Crippen LogP contribution in [-0.2, 0) is 38.1 Å². The van der Waals surface area contributed by atoms with Crippen molar-refractivity contribution in [2.24, 2.45) is 0 Å². The van der Waals surface area contributed by atoms with E-state index in [2.05, 4.69) is 5.32 Å². The van der Waals surface area contributed by atoms with E-state index >= 15 is 0 Å². The van der Waals surface area contributed by atoms with Crippen molar-refractivity contribution in [1.82, 2.24) is 5.32 Å². The summed E-state index contributed by atoms with van der Waals surface area (Å²) in [6, 6.07) is -0.991. The first-order chi connectivity index (χ1) is 11.6. The molecular weight excluding hydrogens is 334 g/mol. The molecule has 0 aromatic rings. The minimum absolute atomic E-state index is 0.0890. The Labute approximate surface area is 146 Å². The van der Waals surface area contributed by atoms with Crippen LogP contribution in [0.25, 0.3) is 0 Å². The minimum atomic E-state index is -1.02. The molecule has 1 aliphatic heterocycles. The minimum Gasteiger partial charge on any atom is -0.464 e. The molecule has 1 rings (SSSR count). The Morgan fingerprint density at radius 1 is 0.720 bits per heavy atom. The van der Waals surface area contributed by atoms with Gasteiger partial charge in [-0.2, -0.15) is 0 Å². The molecule has 0 unspecified atom stereocenters. The lowest BCUT2D eigenvalue weighted by Crippen LogP contribution is -2.68. The zero-order chi connectivity index (χ0) is 19.1. The summed E-state index contributed by atoms with van der Waals surface area (Å²) in [5, 5.41) is 3.15. The molecule has 0 aromatic heterocycles. The quantitative estimate of drug-likeness (QED) is 0.520. The summed E-state index contributed by atoms with van der Waals surface area (Å²) in [6.45, 7) is 6.68. The predicted molar refractivity (Wildman–Crippen MR) is 84.3 cm³/mol. The molecule has 0 aliphatic carbocycles. The van der Waals surface area contributed by atoms with Gasteiger partial charge in [0.15, 0.2) is 18.3 Å². The monoisotopic (exact) mass is 359 g/mol. The maximum absolute atomic E-state index is 11.5. The van der Waals surface area contributed by atoms with Gasteiger partial charge in [-0.3, -0.25) is 19.2 Å². The highest BCUT2D eigenvalue weighted by Gasteiger charge is 2.50. The number of carbonyl (C=O) groups excluding carboxylic acids is 4. The van der Waals surface area contributed by atoms with Crippen molar-refractivity contribution in [3.63, 3.8) is 0 Å². The molecule has 5 atom stereocenters. The second kappa shape index (κ2) is 9.36. The zero-order valence-electron chi connectivity index (χ0n) is 15.1. The Hall–Kier alpha value is -2.16. The molecule has 0 saturated carbocycles. The van der Waals surface area contributed by atoms with Gasteiger partial charge in [-0.05, 0) is 6.42 Å². The summed E-state index contributed by atoms with van der Waals surface area (Å²) >= 11 is 0. The van der Waals surface area contributed by atoms with Crippen molar-refractivity contribution in [3.8, 4) is 0 Å². The molecule has 0 spiro atoms. The van der Waals surface area contributed by atoms with Gasteiger partial charge in [0.25, 0.3) is 0 Å². The lowest BCUT2D eigenvalue weighted by molar-refractivity contribution is -0.199. The summed E-state index contributed by atoms with van der Waals surface area (Å²) in [5.41, 5.74) is 0. The van der Waals surface area contributed by atoms with Crippen LogP contribution in [0.2, 0.25) is 0 Å². The average Bonchev–Trinajstić information content (AvgIpc) is 2.48. The highest BCUT2D eigenvalue weighted by molar-refractivity contribution is 5.68. The highest BCUT2D eigenvalue weighted by Crippen LogP contribution is 2.26. The van der Waals surface area contributed by atoms with Crippen LogP contribution in [0.5, 0.6) is 0 Å². The summed E-state index contributed by atoms with van der Waals surface area (Å²) in [5.74, 6) is -2.26. The Balaban J connectivity index is 3.18. The summed E-state index contributed by atoms with van der Waals surface area (Å²) in [6.07, 6.45) is -2.30. The SMILES string of the molecule is CC[C@H]1N[C@H](COC(C)=O)[C@@H](OC(C)=O)[C@H](OC(C)=O)[C@@H]1OC(C)=O. The predicted octanol–water partition coefficient (Wildman–Crippen LogP) is 0.0950. The normalized spacial score (nSPS) is 28.6. The molecular formula is C16H25NO8. The van der Waals surface area contributed by atoms with Crippen LogP contribution >= 0.6 is 0 Å². The molecule has 1 saturated heterocycles. The Bertz CT molecular complexity index is 520. The Kier molecular flexibility index (Phi) is 7.82. The number of esters is 4. The molecule has 1 heterocycles. The molecule has 0 aromatic carbocycles. The van der Waals surface area contributed by atoms with Crippen LogP contribution in [0.1, 0.15) is 41.0 Å². The number of ether oxygens (including phenoxy) is 4. The van der Waals surface area contributed by atoms with E-state index in [9.17, 15) is 19.2 Å². The van der Waals surface area contributed by atoms with E-state index in [1.165, 1.54) is 27.7 Å². The summed E-state index contributed by atoms with van der Waals surface area (Å²) in [7, 11) is 0. The smallest absolute Gasteiger partial charge is 0.303 e. The summed E-state index contributed by atoms with van der Waals surface area (Å²) in [4.78, 5) is 45.6.